The number of primary amides is 1. The number of amidine groups is 1. The van der Waals surface area contributed by atoms with Crippen molar-refractivity contribution in [1.29, 1.82) is 0 Å². The highest BCUT2D eigenvalue weighted by Crippen LogP contribution is 2.42. The maximum Gasteiger partial charge on any atom is 0.405 e. The number of likely N-dealkylation sites (tertiary alicyclic amines) is 1. The van der Waals surface area contributed by atoms with Gasteiger partial charge < -0.3 is 31.3 Å². The highest BCUT2D eigenvalue weighted by Gasteiger charge is 2.32. The molecule has 3 atom stereocenters. The standard InChI is InChI=1S/C20H23F4N5O4S/c1-29-6-5-11(10(21)7-29)27-12-4-2-3-9-14(15(22)18(23)24)17(34-16(9)12)19(25)28-33-13(30)8-32-20(26)31/h2-4,10-11,15,18,27H,5-8H2,1H3,(H2,25,28)(H2,26,31). The number of nitrogens with two attached hydrogens (primary N) is 2. The van der Waals surface area contributed by atoms with Crippen LogP contribution in [0, 0.1) is 0 Å². The van der Waals surface area contributed by atoms with E-state index in [1.165, 1.54) is 12.1 Å². The maximum absolute atomic E-state index is 14.6. The number of oxime groups is 1. The van der Waals surface area contributed by atoms with Crippen LogP contribution in [0.4, 0.5) is 28.0 Å². The van der Waals surface area contributed by atoms with Gasteiger partial charge in [-0.3, -0.25) is 0 Å². The Morgan fingerprint density at radius 2 is 2.06 bits per heavy atom. The molecule has 1 amide bonds. The van der Waals surface area contributed by atoms with E-state index in [4.69, 9.17) is 11.5 Å². The first-order valence-corrected chi connectivity index (χ1v) is 10.9. The number of piperidine rings is 1. The van der Waals surface area contributed by atoms with Crippen LogP contribution in [0.25, 0.3) is 10.1 Å². The number of carbonyl (C=O) groups is 2. The van der Waals surface area contributed by atoms with E-state index in [0.717, 1.165) is 11.3 Å². The Hall–Kier alpha value is -3.13. The molecule has 1 saturated heterocycles. The molecule has 1 aliphatic rings. The van der Waals surface area contributed by atoms with Crippen molar-refractivity contribution >= 4 is 45.0 Å². The van der Waals surface area contributed by atoms with Gasteiger partial charge in [-0.2, -0.15) is 0 Å². The fraction of sp³-hybridized carbons (Fsp3) is 0.450. The van der Waals surface area contributed by atoms with Crippen LogP contribution in [0.15, 0.2) is 23.4 Å². The van der Waals surface area contributed by atoms with Crippen molar-refractivity contribution in [1.82, 2.24) is 4.90 Å². The molecule has 0 bridgehead atoms. The number of carbonyl (C=O) groups excluding carboxylic acids is 2. The first-order valence-electron chi connectivity index (χ1n) is 10.1. The number of hydrogen-bond acceptors (Lipinski definition) is 8. The van der Waals surface area contributed by atoms with Gasteiger partial charge >= 0.3 is 12.1 Å². The summed E-state index contributed by atoms with van der Waals surface area (Å²) in [4.78, 5) is 28.3. The number of nitrogens with zero attached hydrogens (tertiary/aromatic N) is 2. The van der Waals surface area contributed by atoms with E-state index < -0.39 is 54.9 Å². The second kappa shape index (κ2) is 10.9. The van der Waals surface area contributed by atoms with Gasteiger partial charge in [0.15, 0.2) is 18.6 Å². The number of rotatable bonds is 8. The Labute approximate surface area is 195 Å². The molecule has 5 N–H and O–H groups in total. The van der Waals surface area contributed by atoms with Gasteiger partial charge in [0.2, 0.25) is 0 Å². The maximum atomic E-state index is 14.6. The lowest BCUT2D eigenvalue weighted by molar-refractivity contribution is -0.146. The molecule has 9 nitrogen and oxygen atoms in total. The number of benzene rings is 1. The average molecular weight is 505 g/mol. The zero-order valence-corrected chi connectivity index (χ0v) is 18.8. The van der Waals surface area contributed by atoms with E-state index in [9.17, 15) is 27.2 Å². The van der Waals surface area contributed by atoms with Gasteiger partial charge in [0.25, 0.3) is 6.43 Å². The molecular formula is C20H23F4N5O4S. The summed E-state index contributed by atoms with van der Waals surface area (Å²) in [6, 6.07) is 4.07. The lowest BCUT2D eigenvalue weighted by Gasteiger charge is -2.33. The number of alkyl halides is 4. The molecular weight excluding hydrogens is 482 g/mol. The third-order valence-electron chi connectivity index (χ3n) is 5.15. The van der Waals surface area contributed by atoms with Crippen LogP contribution in [-0.2, 0) is 14.4 Å². The van der Waals surface area contributed by atoms with Crippen LogP contribution in [0.1, 0.15) is 23.0 Å². The summed E-state index contributed by atoms with van der Waals surface area (Å²) < 4.78 is 60.5. The molecule has 0 radical (unpaired) electrons. The van der Waals surface area contributed by atoms with Crippen LogP contribution >= 0.6 is 11.3 Å². The number of fused-ring (bicyclic) bond motifs is 1. The van der Waals surface area contributed by atoms with E-state index in [1.807, 2.05) is 11.9 Å². The van der Waals surface area contributed by atoms with E-state index in [1.54, 1.807) is 6.07 Å². The summed E-state index contributed by atoms with van der Waals surface area (Å²) in [7, 11) is 1.81. The number of thiophene rings is 1. The highest BCUT2D eigenvalue weighted by atomic mass is 32.1. The Morgan fingerprint density at radius 1 is 1.32 bits per heavy atom. The number of hydrogen-bond donors (Lipinski definition) is 3. The molecule has 1 aliphatic heterocycles. The molecule has 1 fully saturated rings. The van der Waals surface area contributed by atoms with Crippen LogP contribution in [0.5, 0.6) is 0 Å². The molecule has 1 aromatic heterocycles. The summed E-state index contributed by atoms with van der Waals surface area (Å²) in [6.45, 7) is 0.0392. The van der Waals surface area contributed by atoms with Crippen molar-refractivity contribution in [3.63, 3.8) is 0 Å². The molecule has 2 heterocycles. The third-order valence-corrected chi connectivity index (χ3v) is 6.42. The second-order valence-corrected chi connectivity index (χ2v) is 8.65. The number of halogens is 4. The Morgan fingerprint density at radius 3 is 2.71 bits per heavy atom. The molecule has 186 valence electrons. The van der Waals surface area contributed by atoms with Gasteiger partial charge in [0.05, 0.1) is 21.3 Å². The monoisotopic (exact) mass is 505 g/mol. The Balaban J connectivity index is 1.96. The predicted octanol–water partition coefficient (Wildman–Crippen LogP) is 2.89. The number of ether oxygens (including phenoxy) is 1. The van der Waals surface area contributed by atoms with Crippen LogP contribution in [-0.4, -0.2) is 68.2 Å². The van der Waals surface area contributed by atoms with Crippen LogP contribution in [0.3, 0.4) is 0 Å². The highest BCUT2D eigenvalue weighted by molar-refractivity contribution is 7.21. The fourth-order valence-corrected chi connectivity index (χ4v) is 4.76. The van der Waals surface area contributed by atoms with Crippen molar-refractivity contribution in [3.8, 4) is 0 Å². The first kappa shape index (κ1) is 25.5. The van der Waals surface area contributed by atoms with Crippen molar-refractivity contribution in [3.05, 3.63) is 28.6 Å². The topological polar surface area (TPSA) is 132 Å². The van der Waals surface area contributed by atoms with Gasteiger partial charge in [-0.25, -0.2) is 27.2 Å². The molecule has 0 spiro atoms. The largest absolute Gasteiger partial charge is 0.438 e. The summed E-state index contributed by atoms with van der Waals surface area (Å²) in [5.74, 6) is -1.69. The zero-order valence-electron chi connectivity index (χ0n) is 18.0. The molecule has 3 rings (SSSR count). The molecule has 2 aromatic rings. The first-order chi connectivity index (χ1) is 16.1. The summed E-state index contributed by atoms with van der Waals surface area (Å²) in [6.07, 6.45) is -7.96. The molecule has 0 saturated carbocycles. The quantitative estimate of drug-likeness (QED) is 0.165. The predicted molar refractivity (Wildman–Crippen MR) is 118 cm³/mol. The van der Waals surface area contributed by atoms with E-state index in [0.29, 0.717) is 23.4 Å². The zero-order chi connectivity index (χ0) is 25.0. The minimum Gasteiger partial charge on any atom is -0.438 e. The minimum atomic E-state index is -3.36. The summed E-state index contributed by atoms with van der Waals surface area (Å²) >= 11 is 0.843. The van der Waals surface area contributed by atoms with E-state index in [-0.39, 0.29) is 16.8 Å². The minimum absolute atomic E-state index is 0.141. The SMILES string of the molecule is CN1CCC(Nc2cccc3c(C(F)C(F)F)c(C(N)=NOC(=O)COC(N)=O)sc23)C(F)C1. The van der Waals surface area contributed by atoms with Crippen LogP contribution in [0.2, 0.25) is 0 Å². The fourth-order valence-electron chi connectivity index (χ4n) is 3.56. The van der Waals surface area contributed by atoms with E-state index in [2.05, 4.69) is 20.0 Å². The van der Waals surface area contributed by atoms with Gasteiger partial charge in [-0.05, 0) is 19.5 Å². The lowest BCUT2D eigenvalue weighted by Crippen LogP contribution is -2.46. The van der Waals surface area contributed by atoms with Gasteiger partial charge in [-0.15, -0.1) is 11.3 Å². The smallest absolute Gasteiger partial charge is 0.405 e. The second-order valence-electron chi connectivity index (χ2n) is 7.63. The number of nitrogens with one attached hydrogen (secondary N) is 1. The van der Waals surface area contributed by atoms with Crippen molar-refractivity contribution in [2.24, 2.45) is 16.6 Å². The van der Waals surface area contributed by atoms with Gasteiger partial charge in [0.1, 0.15) is 6.17 Å². The third kappa shape index (κ3) is 5.86. The van der Waals surface area contributed by atoms with Crippen molar-refractivity contribution in [2.45, 2.75) is 31.2 Å². The van der Waals surface area contributed by atoms with Crippen molar-refractivity contribution < 1.29 is 36.7 Å². The summed E-state index contributed by atoms with van der Waals surface area (Å²) in [5.41, 5.74) is 10.6. The van der Waals surface area contributed by atoms with E-state index >= 15 is 0 Å². The Bertz CT molecular complexity index is 1080. The molecule has 0 aliphatic carbocycles. The molecule has 3 unspecified atom stereocenters. The Kier molecular flexibility index (Phi) is 8.15. The molecule has 14 heteroatoms. The molecule has 34 heavy (non-hydrogen) atoms. The van der Waals surface area contributed by atoms with Gasteiger partial charge in [-0.1, -0.05) is 17.3 Å². The summed E-state index contributed by atoms with van der Waals surface area (Å²) in [5, 5.41) is 6.59. The number of amides is 1. The normalized spacial score (nSPS) is 20.4. The lowest BCUT2D eigenvalue weighted by atomic mass is 10.0. The van der Waals surface area contributed by atoms with Gasteiger partial charge in [0, 0.05) is 24.0 Å². The molecule has 1 aromatic carbocycles. The average Bonchev–Trinajstić information content (AvgIpc) is 3.17. The number of anilines is 1. The van der Waals surface area contributed by atoms with Crippen molar-refractivity contribution in [2.75, 3.05) is 32.1 Å². The van der Waals surface area contributed by atoms with Crippen LogP contribution < -0.4 is 16.8 Å².